The first-order chi connectivity index (χ1) is 8.56. The maximum Gasteiger partial charge on any atom is 0.256 e. The number of nitrogens with one attached hydrogen (secondary N) is 1. The molecule has 0 radical (unpaired) electrons. The zero-order valence-corrected chi connectivity index (χ0v) is 11.9. The summed E-state index contributed by atoms with van der Waals surface area (Å²) in [6, 6.07) is 7.99. The lowest BCUT2D eigenvalue weighted by atomic mass is 10.2. The van der Waals surface area contributed by atoms with E-state index in [4.69, 9.17) is 23.2 Å². The van der Waals surface area contributed by atoms with Crippen molar-refractivity contribution in [2.24, 2.45) is 0 Å². The molecule has 1 amide bonds. The average Bonchev–Trinajstić information content (AvgIpc) is 2.35. The molecule has 0 aliphatic carbocycles. The fourth-order valence-electron chi connectivity index (χ4n) is 1.21. The van der Waals surface area contributed by atoms with Gasteiger partial charge in [0.15, 0.2) is 11.0 Å². The van der Waals surface area contributed by atoms with Gasteiger partial charge < -0.3 is 5.32 Å². The van der Waals surface area contributed by atoms with Crippen molar-refractivity contribution in [2.75, 3.05) is 5.32 Å². The number of amides is 1. The molecule has 18 heavy (non-hydrogen) atoms. The van der Waals surface area contributed by atoms with E-state index >= 15 is 0 Å². The van der Waals surface area contributed by atoms with Crippen LogP contribution in [0.1, 0.15) is 10.4 Å². The van der Waals surface area contributed by atoms with E-state index < -0.39 is 0 Å². The molecule has 0 aliphatic heterocycles. The van der Waals surface area contributed by atoms with Crippen LogP contribution < -0.4 is 5.32 Å². The Hall–Kier alpha value is -1.17. The predicted octanol–water partition coefficient (Wildman–Crippen LogP) is 3.80. The largest absolute Gasteiger partial charge is 0.305 e. The smallest absolute Gasteiger partial charge is 0.256 e. The number of hydrogen-bond acceptors (Lipinski definition) is 3. The summed E-state index contributed by atoms with van der Waals surface area (Å²) in [4.78, 5) is 11.9. The highest BCUT2D eigenvalue weighted by atomic mass is 79.9. The molecule has 0 fully saturated rings. The molecule has 0 unspecified atom stereocenters. The van der Waals surface area contributed by atoms with Crippen LogP contribution in [-0.4, -0.2) is 16.1 Å². The zero-order chi connectivity index (χ0) is 13.1. The fourth-order valence-corrected chi connectivity index (χ4v) is 1.81. The van der Waals surface area contributed by atoms with E-state index in [0.29, 0.717) is 20.9 Å². The van der Waals surface area contributed by atoms with Gasteiger partial charge in [0.25, 0.3) is 5.91 Å². The topological polar surface area (TPSA) is 54.9 Å². The van der Waals surface area contributed by atoms with Crippen molar-refractivity contribution in [1.82, 2.24) is 10.2 Å². The number of aromatic nitrogens is 2. The number of rotatable bonds is 2. The monoisotopic (exact) mass is 345 g/mol. The third-order valence-electron chi connectivity index (χ3n) is 2.06. The van der Waals surface area contributed by atoms with Gasteiger partial charge in [0.05, 0.1) is 5.02 Å². The molecular weight excluding hydrogens is 341 g/mol. The lowest BCUT2D eigenvalue weighted by Gasteiger charge is -2.04. The summed E-state index contributed by atoms with van der Waals surface area (Å²) in [6.45, 7) is 0. The fraction of sp³-hybridized carbons (Fsp3) is 0. The van der Waals surface area contributed by atoms with Gasteiger partial charge in [0.1, 0.15) is 0 Å². The number of carbonyl (C=O) groups excluding carboxylic acids is 1. The van der Waals surface area contributed by atoms with Gasteiger partial charge in [-0.2, -0.15) is 0 Å². The van der Waals surface area contributed by atoms with Gasteiger partial charge in [-0.25, -0.2) is 0 Å². The third kappa shape index (κ3) is 3.19. The summed E-state index contributed by atoms with van der Waals surface area (Å²) in [5.74, 6) is 0.0273. The first-order valence-corrected chi connectivity index (χ1v) is 6.37. The number of carbonyl (C=O) groups is 1. The van der Waals surface area contributed by atoms with Gasteiger partial charge >= 0.3 is 0 Å². The quantitative estimate of drug-likeness (QED) is 0.899. The summed E-state index contributed by atoms with van der Waals surface area (Å²) in [5.41, 5.74) is 0.461. The molecule has 2 aromatic rings. The average molecular weight is 347 g/mol. The normalized spacial score (nSPS) is 10.2. The minimum absolute atomic E-state index is 0.266. The highest BCUT2D eigenvalue weighted by molar-refractivity contribution is 9.10. The number of benzene rings is 1. The Labute approximate surface area is 121 Å². The van der Waals surface area contributed by atoms with Crippen molar-refractivity contribution < 1.29 is 4.79 Å². The van der Waals surface area contributed by atoms with Gasteiger partial charge in [0.2, 0.25) is 0 Å². The van der Waals surface area contributed by atoms with Crippen molar-refractivity contribution in [2.45, 2.75) is 0 Å². The molecule has 1 heterocycles. The Morgan fingerprint density at radius 3 is 2.56 bits per heavy atom. The lowest BCUT2D eigenvalue weighted by molar-refractivity contribution is 0.102. The minimum atomic E-state index is -0.302. The molecule has 1 N–H and O–H groups in total. The first-order valence-electron chi connectivity index (χ1n) is 4.82. The second kappa shape index (κ2) is 5.65. The Morgan fingerprint density at radius 2 is 1.94 bits per heavy atom. The van der Waals surface area contributed by atoms with Crippen LogP contribution in [0.15, 0.2) is 34.8 Å². The van der Waals surface area contributed by atoms with Crippen LogP contribution in [0.4, 0.5) is 5.82 Å². The van der Waals surface area contributed by atoms with Gasteiger partial charge in [-0.15, -0.1) is 10.2 Å². The van der Waals surface area contributed by atoms with E-state index in [1.54, 1.807) is 30.3 Å². The molecule has 0 atom stereocenters. The number of anilines is 1. The molecule has 0 aliphatic rings. The summed E-state index contributed by atoms with van der Waals surface area (Å²) in [5, 5.41) is 10.8. The Bertz CT molecular complexity index is 589. The van der Waals surface area contributed by atoms with E-state index in [0.717, 1.165) is 0 Å². The molecule has 0 saturated carbocycles. The minimum Gasteiger partial charge on any atom is -0.305 e. The van der Waals surface area contributed by atoms with E-state index in [9.17, 15) is 4.79 Å². The third-order valence-corrected chi connectivity index (χ3v) is 3.47. The summed E-state index contributed by atoms with van der Waals surface area (Å²) < 4.78 is 0.652. The Morgan fingerprint density at radius 1 is 1.17 bits per heavy atom. The van der Waals surface area contributed by atoms with Gasteiger partial charge in [-0.1, -0.05) is 23.2 Å². The van der Waals surface area contributed by atoms with Crippen molar-refractivity contribution in [3.8, 4) is 0 Å². The van der Waals surface area contributed by atoms with Crippen molar-refractivity contribution in [3.63, 3.8) is 0 Å². The second-order valence-corrected chi connectivity index (χ2v) is 4.97. The molecule has 7 heteroatoms. The highest BCUT2D eigenvalue weighted by Crippen LogP contribution is 2.23. The van der Waals surface area contributed by atoms with Crippen LogP contribution in [-0.2, 0) is 0 Å². The molecular formula is C11H6BrCl2N3O. The SMILES string of the molecule is O=C(Nc1ccc(Cl)nn1)c1ccc(Cl)c(Br)c1. The van der Waals surface area contributed by atoms with Gasteiger partial charge in [-0.3, -0.25) is 4.79 Å². The summed E-state index contributed by atoms with van der Waals surface area (Å²) in [7, 11) is 0. The summed E-state index contributed by atoms with van der Waals surface area (Å²) in [6.07, 6.45) is 0. The van der Waals surface area contributed by atoms with Gasteiger partial charge in [-0.05, 0) is 46.3 Å². The molecule has 92 valence electrons. The maximum absolute atomic E-state index is 11.9. The molecule has 4 nitrogen and oxygen atoms in total. The van der Waals surface area contributed by atoms with Crippen LogP contribution in [0, 0.1) is 0 Å². The Balaban J connectivity index is 2.16. The number of nitrogens with zero attached hydrogens (tertiary/aromatic N) is 2. The zero-order valence-electron chi connectivity index (χ0n) is 8.82. The molecule has 2 rings (SSSR count). The van der Waals surface area contributed by atoms with Crippen LogP contribution in [0.2, 0.25) is 10.2 Å². The number of halogens is 3. The van der Waals surface area contributed by atoms with Crippen LogP contribution >= 0.6 is 39.1 Å². The Kier molecular flexibility index (Phi) is 4.16. The van der Waals surface area contributed by atoms with Crippen LogP contribution in [0.3, 0.4) is 0 Å². The molecule has 0 spiro atoms. The maximum atomic E-state index is 11.9. The second-order valence-electron chi connectivity index (χ2n) is 3.32. The van der Waals surface area contributed by atoms with E-state index in [1.165, 1.54) is 0 Å². The number of hydrogen-bond donors (Lipinski definition) is 1. The van der Waals surface area contributed by atoms with Crippen LogP contribution in [0.25, 0.3) is 0 Å². The van der Waals surface area contributed by atoms with Crippen molar-refractivity contribution in [1.29, 1.82) is 0 Å². The van der Waals surface area contributed by atoms with Crippen molar-refractivity contribution in [3.05, 3.63) is 50.5 Å². The molecule has 0 bridgehead atoms. The van der Waals surface area contributed by atoms with Crippen LogP contribution in [0.5, 0.6) is 0 Å². The van der Waals surface area contributed by atoms with E-state index in [2.05, 4.69) is 31.4 Å². The lowest BCUT2D eigenvalue weighted by Crippen LogP contribution is -2.13. The highest BCUT2D eigenvalue weighted by Gasteiger charge is 2.09. The standard InChI is InChI=1S/C11H6BrCl2N3O/c12-7-5-6(1-2-8(7)13)11(18)15-10-4-3-9(14)16-17-10/h1-5H,(H,15,17,18). The first kappa shape index (κ1) is 13.3. The molecule has 1 aromatic heterocycles. The van der Waals surface area contributed by atoms with Gasteiger partial charge in [0, 0.05) is 10.0 Å². The summed E-state index contributed by atoms with van der Waals surface area (Å²) >= 11 is 14.7. The van der Waals surface area contributed by atoms with Crippen molar-refractivity contribution >= 4 is 50.9 Å². The predicted molar refractivity (Wildman–Crippen MR) is 74.1 cm³/mol. The van der Waals surface area contributed by atoms with E-state index in [-0.39, 0.29) is 11.1 Å². The molecule has 0 saturated heterocycles. The van der Waals surface area contributed by atoms with E-state index in [1.807, 2.05) is 0 Å². The molecule has 1 aromatic carbocycles.